The van der Waals surface area contributed by atoms with Gasteiger partial charge < -0.3 is 15.0 Å². The van der Waals surface area contributed by atoms with Crippen molar-refractivity contribution in [3.63, 3.8) is 0 Å². The van der Waals surface area contributed by atoms with Crippen LogP contribution in [0, 0.1) is 6.92 Å². The number of halogens is 2. The van der Waals surface area contributed by atoms with Crippen LogP contribution in [0.3, 0.4) is 0 Å². The molecule has 1 fully saturated rings. The average Bonchev–Trinajstić information content (AvgIpc) is 2.92. The van der Waals surface area contributed by atoms with Crippen molar-refractivity contribution in [2.45, 2.75) is 64.1 Å². The molecule has 3 aromatic carbocycles. The molecule has 1 aliphatic carbocycles. The molecule has 4 rings (SSSR count). The Labute approximate surface area is 235 Å². The van der Waals surface area contributed by atoms with Crippen LogP contribution < -0.4 is 10.1 Å². The van der Waals surface area contributed by atoms with E-state index in [-0.39, 0.29) is 31.0 Å². The summed E-state index contributed by atoms with van der Waals surface area (Å²) in [5.74, 6) is 0.107. The second kappa shape index (κ2) is 13.7. The van der Waals surface area contributed by atoms with Crippen LogP contribution in [0.15, 0.2) is 72.8 Å². The van der Waals surface area contributed by atoms with Gasteiger partial charge in [0.25, 0.3) is 5.91 Å². The fraction of sp³-hybridized carbons (Fsp3) is 0.355. The van der Waals surface area contributed by atoms with Crippen LogP contribution in [0.25, 0.3) is 0 Å². The zero-order valence-electron chi connectivity index (χ0n) is 21.7. The van der Waals surface area contributed by atoms with E-state index in [9.17, 15) is 9.59 Å². The molecule has 1 atom stereocenters. The summed E-state index contributed by atoms with van der Waals surface area (Å²) in [5, 5.41) is 4.12. The van der Waals surface area contributed by atoms with E-state index < -0.39 is 6.04 Å². The predicted octanol–water partition coefficient (Wildman–Crippen LogP) is 6.77. The van der Waals surface area contributed by atoms with Gasteiger partial charge in [-0.25, -0.2) is 0 Å². The van der Waals surface area contributed by atoms with Crippen LogP contribution in [-0.4, -0.2) is 35.4 Å². The molecule has 0 aliphatic heterocycles. The molecule has 1 saturated carbocycles. The molecular formula is C31H34Cl2N2O3. The van der Waals surface area contributed by atoms with Gasteiger partial charge in [0.05, 0.1) is 0 Å². The van der Waals surface area contributed by atoms with E-state index in [1.807, 2.05) is 61.5 Å². The highest BCUT2D eigenvalue weighted by Crippen LogP contribution is 2.28. The van der Waals surface area contributed by atoms with Crippen molar-refractivity contribution in [2.24, 2.45) is 0 Å². The van der Waals surface area contributed by atoms with Crippen LogP contribution >= 0.6 is 23.2 Å². The SMILES string of the molecule is Cc1cccc(OCC(=O)N(Cc2c(Cl)cccc2Cl)[C@H](Cc2ccccc2)C(=O)NC2CCCCC2)c1. The third-order valence-electron chi connectivity index (χ3n) is 6.96. The van der Waals surface area contributed by atoms with Gasteiger partial charge >= 0.3 is 0 Å². The van der Waals surface area contributed by atoms with Crippen molar-refractivity contribution >= 4 is 35.0 Å². The zero-order chi connectivity index (χ0) is 26.9. The van der Waals surface area contributed by atoms with Gasteiger partial charge in [0, 0.05) is 34.6 Å². The fourth-order valence-corrected chi connectivity index (χ4v) is 5.40. The number of hydrogen-bond donors (Lipinski definition) is 1. The minimum Gasteiger partial charge on any atom is -0.484 e. The van der Waals surface area contributed by atoms with E-state index in [2.05, 4.69) is 5.32 Å². The highest BCUT2D eigenvalue weighted by Gasteiger charge is 2.33. The monoisotopic (exact) mass is 552 g/mol. The van der Waals surface area contributed by atoms with Crippen LogP contribution in [0.2, 0.25) is 10.0 Å². The summed E-state index contributed by atoms with van der Waals surface area (Å²) >= 11 is 13.0. The number of benzene rings is 3. The second-order valence-electron chi connectivity index (χ2n) is 9.88. The minimum atomic E-state index is -0.764. The lowest BCUT2D eigenvalue weighted by molar-refractivity contribution is -0.143. The average molecular weight is 554 g/mol. The largest absolute Gasteiger partial charge is 0.484 e. The van der Waals surface area contributed by atoms with E-state index in [0.717, 1.165) is 36.8 Å². The van der Waals surface area contributed by atoms with Crippen LogP contribution in [0.5, 0.6) is 5.75 Å². The number of ether oxygens (including phenoxy) is 1. The maximum atomic E-state index is 13.8. The molecular weight excluding hydrogens is 519 g/mol. The first-order valence-corrected chi connectivity index (χ1v) is 13.9. The molecule has 3 aromatic rings. The molecule has 2 amide bonds. The fourth-order valence-electron chi connectivity index (χ4n) is 4.89. The number of aryl methyl sites for hydroxylation is 1. The van der Waals surface area contributed by atoms with E-state index >= 15 is 0 Å². The zero-order valence-corrected chi connectivity index (χ0v) is 23.2. The molecule has 0 bridgehead atoms. The van der Waals surface area contributed by atoms with E-state index in [0.29, 0.717) is 27.8 Å². The van der Waals surface area contributed by atoms with Gasteiger partial charge in [-0.2, -0.15) is 0 Å². The van der Waals surface area contributed by atoms with E-state index in [1.165, 1.54) is 6.42 Å². The molecule has 200 valence electrons. The van der Waals surface area contributed by atoms with Gasteiger partial charge in [0.2, 0.25) is 5.91 Å². The van der Waals surface area contributed by atoms with Crippen molar-refractivity contribution in [2.75, 3.05) is 6.61 Å². The number of carbonyl (C=O) groups excluding carboxylic acids is 2. The summed E-state index contributed by atoms with van der Waals surface area (Å²) in [4.78, 5) is 29.2. The van der Waals surface area contributed by atoms with Crippen LogP contribution in [-0.2, 0) is 22.6 Å². The maximum Gasteiger partial charge on any atom is 0.261 e. The smallest absolute Gasteiger partial charge is 0.261 e. The minimum absolute atomic E-state index is 0.0874. The van der Waals surface area contributed by atoms with Crippen molar-refractivity contribution in [3.8, 4) is 5.75 Å². The van der Waals surface area contributed by atoms with Crippen molar-refractivity contribution < 1.29 is 14.3 Å². The second-order valence-corrected chi connectivity index (χ2v) is 10.7. The summed E-state index contributed by atoms with van der Waals surface area (Å²) in [6, 6.07) is 21.9. The Kier molecular flexibility index (Phi) is 10.1. The lowest BCUT2D eigenvalue weighted by Gasteiger charge is -2.33. The molecule has 7 heteroatoms. The van der Waals surface area contributed by atoms with Gasteiger partial charge in [-0.1, -0.05) is 91.0 Å². The van der Waals surface area contributed by atoms with E-state index in [1.54, 1.807) is 23.1 Å². The lowest BCUT2D eigenvalue weighted by atomic mass is 9.94. The third kappa shape index (κ3) is 7.75. The van der Waals surface area contributed by atoms with Gasteiger partial charge in [-0.05, 0) is 55.2 Å². The van der Waals surface area contributed by atoms with Crippen molar-refractivity contribution in [3.05, 3.63) is 99.5 Å². The molecule has 5 nitrogen and oxygen atoms in total. The number of nitrogens with zero attached hydrogens (tertiary/aromatic N) is 1. The van der Waals surface area contributed by atoms with Gasteiger partial charge in [0.15, 0.2) is 6.61 Å². The first kappa shape index (κ1) is 28.0. The third-order valence-corrected chi connectivity index (χ3v) is 7.67. The van der Waals surface area contributed by atoms with Crippen LogP contribution in [0.1, 0.15) is 48.8 Å². The standard InChI is InChI=1S/C31H34Cl2N2O3/c1-22-10-8-15-25(18-22)38-21-30(36)35(20-26-27(32)16-9-17-28(26)33)29(19-23-11-4-2-5-12-23)31(37)34-24-13-6-3-7-14-24/h2,4-5,8-12,15-18,24,29H,3,6-7,13-14,19-21H2,1H3,(H,34,37)/t29-/m1/s1. The molecule has 0 unspecified atom stereocenters. The molecule has 0 radical (unpaired) electrons. The normalized spacial score (nSPS) is 14.5. The Balaban J connectivity index is 1.65. The molecule has 0 spiro atoms. The van der Waals surface area contributed by atoms with Gasteiger partial charge in [-0.15, -0.1) is 0 Å². The van der Waals surface area contributed by atoms with Gasteiger partial charge in [-0.3, -0.25) is 9.59 Å². The Bertz CT molecular complexity index is 1210. The summed E-state index contributed by atoms with van der Waals surface area (Å²) < 4.78 is 5.87. The van der Waals surface area contributed by atoms with E-state index in [4.69, 9.17) is 27.9 Å². The predicted molar refractivity (Wildman–Crippen MR) is 153 cm³/mol. The lowest BCUT2D eigenvalue weighted by Crippen LogP contribution is -2.53. The number of carbonyl (C=O) groups is 2. The molecule has 0 heterocycles. The highest BCUT2D eigenvalue weighted by molar-refractivity contribution is 6.36. The van der Waals surface area contributed by atoms with Gasteiger partial charge in [0.1, 0.15) is 11.8 Å². The Morgan fingerprint density at radius 1 is 0.947 bits per heavy atom. The van der Waals surface area contributed by atoms with Crippen molar-refractivity contribution in [1.82, 2.24) is 10.2 Å². The molecule has 1 aliphatic rings. The summed E-state index contributed by atoms with van der Waals surface area (Å²) in [5.41, 5.74) is 2.59. The Morgan fingerprint density at radius 2 is 1.63 bits per heavy atom. The number of rotatable bonds is 10. The summed E-state index contributed by atoms with van der Waals surface area (Å²) in [6.45, 7) is 1.84. The summed E-state index contributed by atoms with van der Waals surface area (Å²) in [6.07, 6.45) is 5.63. The maximum absolute atomic E-state index is 13.8. The van der Waals surface area contributed by atoms with Crippen molar-refractivity contribution in [1.29, 1.82) is 0 Å². The highest BCUT2D eigenvalue weighted by atomic mass is 35.5. The molecule has 0 saturated heterocycles. The number of hydrogen-bond acceptors (Lipinski definition) is 3. The van der Waals surface area contributed by atoms with Crippen LogP contribution in [0.4, 0.5) is 0 Å². The molecule has 38 heavy (non-hydrogen) atoms. The Hall–Kier alpha value is -3.02. The summed E-state index contributed by atoms with van der Waals surface area (Å²) in [7, 11) is 0. The number of amides is 2. The molecule has 0 aromatic heterocycles. The first-order chi connectivity index (χ1) is 18.4. The quantitative estimate of drug-likeness (QED) is 0.302. The Morgan fingerprint density at radius 3 is 2.32 bits per heavy atom. The first-order valence-electron chi connectivity index (χ1n) is 13.2. The topological polar surface area (TPSA) is 58.6 Å². The molecule has 1 N–H and O–H groups in total. The number of nitrogens with one attached hydrogen (secondary N) is 1.